The van der Waals surface area contributed by atoms with Gasteiger partial charge in [0, 0.05) is 17.5 Å². The number of H-pyrrole nitrogens is 1. The molecular weight excluding hydrogens is 382 g/mol. The third-order valence-corrected chi connectivity index (χ3v) is 5.71. The first-order valence-electron chi connectivity index (χ1n) is 9.56. The normalized spacial score (nSPS) is 12.5. The molecule has 0 bridgehead atoms. The van der Waals surface area contributed by atoms with Gasteiger partial charge < -0.3 is 10.1 Å². The van der Waals surface area contributed by atoms with E-state index in [4.69, 9.17) is 0 Å². The first-order chi connectivity index (χ1) is 14.1. The minimum Gasteiger partial charge on any atom is -0.391 e. The number of aliphatic hydroxyl groups is 1. The molecule has 5 nitrogen and oxygen atoms in total. The predicted molar refractivity (Wildman–Crippen MR) is 118 cm³/mol. The smallest absolute Gasteiger partial charge is 0.260 e. The number of aromatic nitrogens is 2. The molecule has 2 aromatic carbocycles. The third kappa shape index (κ3) is 4.62. The number of thiophene rings is 1. The van der Waals surface area contributed by atoms with Gasteiger partial charge in [-0.05, 0) is 24.6 Å². The largest absolute Gasteiger partial charge is 0.391 e. The number of aliphatic hydroxyl groups excluding tert-OH is 1. The highest BCUT2D eigenvalue weighted by molar-refractivity contribution is 7.17. The molecule has 0 saturated heterocycles. The Hall–Kier alpha value is -2.80. The number of fused-ring (bicyclic) bond motifs is 1. The molecule has 148 valence electrons. The second kappa shape index (κ2) is 8.69. The van der Waals surface area contributed by atoms with Crippen LogP contribution >= 0.6 is 11.3 Å². The average molecular weight is 406 g/mol. The SMILES string of the molecule is CN(Cc1nc2scc(-c3ccccc3)c2c(=O)[nH]1)CC(O)Cc1ccccc1. The van der Waals surface area contributed by atoms with Crippen molar-refractivity contribution < 1.29 is 5.11 Å². The summed E-state index contributed by atoms with van der Waals surface area (Å²) < 4.78 is 0. The monoisotopic (exact) mass is 405 g/mol. The van der Waals surface area contributed by atoms with Crippen LogP contribution in [0, 0.1) is 0 Å². The predicted octanol–water partition coefficient (Wildman–Crippen LogP) is 3.69. The minimum atomic E-state index is -0.482. The molecule has 0 spiro atoms. The lowest BCUT2D eigenvalue weighted by Gasteiger charge is -2.20. The van der Waals surface area contributed by atoms with Crippen LogP contribution < -0.4 is 5.56 Å². The number of nitrogens with zero attached hydrogens (tertiary/aromatic N) is 2. The summed E-state index contributed by atoms with van der Waals surface area (Å²) in [4.78, 5) is 23.0. The maximum atomic E-state index is 12.7. The van der Waals surface area contributed by atoms with Crippen molar-refractivity contribution in [2.24, 2.45) is 0 Å². The van der Waals surface area contributed by atoms with Crippen LogP contribution in [0.1, 0.15) is 11.4 Å². The number of hydrogen-bond donors (Lipinski definition) is 2. The zero-order valence-electron chi connectivity index (χ0n) is 16.2. The van der Waals surface area contributed by atoms with E-state index in [2.05, 4.69) is 9.97 Å². The second-order valence-electron chi connectivity index (χ2n) is 7.25. The fraction of sp³-hybridized carbons (Fsp3) is 0.217. The summed E-state index contributed by atoms with van der Waals surface area (Å²) in [7, 11) is 1.92. The van der Waals surface area contributed by atoms with Gasteiger partial charge in [-0.1, -0.05) is 60.7 Å². The van der Waals surface area contributed by atoms with E-state index in [1.807, 2.05) is 78.0 Å². The van der Waals surface area contributed by atoms with Gasteiger partial charge in [-0.2, -0.15) is 0 Å². The molecule has 1 atom stereocenters. The molecule has 2 heterocycles. The highest BCUT2D eigenvalue weighted by Gasteiger charge is 2.15. The van der Waals surface area contributed by atoms with Gasteiger partial charge >= 0.3 is 0 Å². The van der Waals surface area contributed by atoms with Crippen molar-refractivity contribution in [3.05, 3.63) is 87.8 Å². The van der Waals surface area contributed by atoms with Crippen LogP contribution in [0.15, 0.2) is 70.8 Å². The van der Waals surface area contributed by atoms with E-state index in [1.54, 1.807) is 0 Å². The van der Waals surface area contributed by atoms with E-state index >= 15 is 0 Å². The molecule has 2 N–H and O–H groups in total. The second-order valence-corrected chi connectivity index (χ2v) is 8.11. The number of likely N-dealkylation sites (N-methyl/N-ethyl adjacent to an activating group) is 1. The Morgan fingerprint density at radius 2 is 1.79 bits per heavy atom. The molecule has 0 radical (unpaired) electrons. The molecule has 0 fully saturated rings. The maximum Gasteiger partial charge on any atom is 0.260 e. The third-order valence-electron chi connectivity index (χ3n) is 4.83. The molecule has 0 amide bonds. The molecule has 2 aromatic heterocycles. The Morgan fingerprint density at radius 1 is 1.10 bits per heavy atom. The molecule has 0 aliphatic heterocycles. The quantitative estimate of drug-likeness (QED) is 0.492. The zero-order chi connectivity index (χ0) is 20.2. The number of aromatic amines is 1. The summed E-state index contributed by atoms with van der Waals surface area (Å²) in [5.41, 5.74) is 2.91. The minimum absolute atomic E-state index is 0.122. The summed E-state index contributed by atoms with van der Waals surface area (Å²) in [5, 5.41) is 13.0. The van der Waals surface area contributed by atoms with Crippen LogP contribution in [0.3, 0.4) is 0 Å². The van der Waals surface area contributed by atoms with Crippen LogP contribution in [-0.4, -0.2) is 39.7 Å². The fourth-order valence-corrected chi connectivity index (χ4v) is 4.50. The van der Waals surface area contributed by atoms with Crippen molar-refractivity contribution in [1.29, 1.82) is 0 Å². The summed E-state index contributed by atoms with van der Waals surface area (Å²) in [6.07, 6.45) is 0.115. The van der Waals surface area contributed by atoms with Crippen LogP contribution in [0.2, 0.25) is 0 Å². The summed E-state index contributed by atoms with van der Waals surface area (Å²) in [5.74, 6) is 0.610. The molecular formula is C23H23N3O2S. The van der Waals surface area contributed by atoms with Crippen LogP contribution in [0.5, 0.6) is 0 Å². The van der Waals surface area contributed by atoms with E-state index < -0.39 is 6.10 Å². The van der Waals surface area contributed by atoms with Crippen LogP contribution in [0.25, 0.3) is 21.3 Å². The van der Waals surface area contributed by atoms with Gasteiger partial charge in [0.1, 0.15) is 10.7 Å². The van der Waals surface area contributed by atoms with Gasteiger partial charge in [0.15, 0.2) is 0 Å². The molecule has 1 unspecified atom stereocenters. The van der Waals surface area contributed by atoms with Gasteiger partial charge in [0.25, 0.3) is 5.56 Å². The highest BCUT2D eigenvalue weighted by atomic mass is 32.1. The van der Waals surface area contributed by atoms with E-state index in [0.29, 0.717) is 30.7 Å². The summed E-state index contributed by atoms with van der Waals surface area (Å²) >= 11 is 1.48. The summed E-state index contributed by atoms with van der Waals surface area (Å²) in [6.45, 7) is 0.964. The molecule has 29 heavy (non-hydrogen) atoms. The number of nitrogens with one attached hydrogen (secondary N) is 1. The van der Waals surface area contributed by atoms with E-state index in [-0.39, 0.29) is 5.56 Å². The van der Waals surface area contributed by atoms with Crippen molar-refractivity contribution >= 4 is 21.6 Å². The molecule has 0 saturated carbocycles. The fourth-order valence-electron chi connectivity index (χ4n) is 3.53. The topological polar surface area (TPSA) is 69.2 Å². The van der Waals surface area contributed by atoms with Crippen molar-refractivity contribution in [2.75, 3.05) is 13.6 Å². The van der Waals surface area contributed by atoms with Gasteiger partial charge in [0.2, 0.25) is 0 Å². The Bertz CT molecular complexity index is 1140. The Labute approximate surface area is 173 Å². The molecule has 0 aliphatic carbocycles. The Morgan fingerprint density at radius 3 is 2.52 bits per heavy atom. The first-order valence-corrected chi connectivity index (χ1v) is 10.4. The zero-order valence-corrected chi connectivity index (χ0v) is 17.0. The highest BCUT2D eigenvalue weighted by Crippen LogP contribution is 2.30. The van der Waals surface area contributed by atoms with Crippen molar-refractivity contribution in [3.63, 3.8) is 0 Å². The van der Waals surface area contributed by atoms with Crippen molar-refractivity contribution in [3.8, 4) is 11.1 Å². The number of rotatable bonds is 7. The van der Waals surface area contributed by atoms with E-state index in [9.17, 15) is 9.90 Å². The summed E-state index contributed by atoms with van der Waals surface area (Å²) in [6, 6.07) is 19.8. The molecule has 4 rings (SSSR count). The van der Waals surface area contributed by atoms with Gasteiger partial charge in [-0.15, -0.1) is 11.3 Å². The standard InChI is InChI=1S/C23H23N3O2S/c1-26(13-18(27)12-16-8-4-2-5-9-16)14-20-24-22(28)21-19(15-29-23(21)25-20)17-10-6-3-7-11-17/h2-11,15,18,27H,12-14H2,1H3,(H,24,25,28). The Balaban J connectivity index is 1.48. The average Bonchev–Trinajstić information content (AvgIpc) is 3.13. The van der Waals surface area contributed by atoms with Gasteiger partial charge in [0.05, 0.1) is 18.0 Å². The number of benzene rings is 2. The van der Waals surface area contributed by atoms with Crippen molar-refractivity contribution in [1.82, 2.24) is 14.9 Å². The van der Waals surface area contributed by atoms with Crippen molar-refractivity contribution in [2.45, 2.75) is 19.1 Å². The first kappa shape index (κ1) is 19.5. The molecule has 0 aliphatic rings. The lowest BCUT2D eigenvalue weighted by molar-refractivity contribution is 0.122. The number of hydrogen-bond acceptors (Lipinski definition) is 5. The van der Waals surface area contributed by atoms with E-state index in [0.717, 1.165) is 21.5 Å². The lowest BCUT2D eigenvalue weighted by atomic mass is 10.1. The maximum absolute atomic E-state index is 12.7. The van der Waals surface area contributed by atoms with E-state index in [1.165, 1.54) is 11.3 Å². The van der Waals surface area contributed by atoms with Gasteiger partial charge in [-0.3, -0.25) is 9.69 Å². The van der Waals surface area contributed by atoms with Crippen LogP contribution in [0.4, 0.5) is 0 Å². The van der Waals surface area contributed by atoms with Crippen LogP contribution in [-0.2, 0) is 13.0 Å². The Kier molecular flexibility index (Phi) is 5.85. The molecule has 4 aromatic rings. The molecule has 6 heteroatoms. The lowest BCUT2D eigenvalue weighted by Crippen LogP contribution is -2.31. The van der Waals surface area contributed by atoms with Gasteiger partial charge in [-0.25, -0.2) is 4.98 Å².